The lowest BCUT2D eigenvalue weighted by molar-refractivity contribution is 0.101. The number of benzene rings is 1. The molecule has 0 bridgehead atoms. The molecule has 0 radical (unpaired) electrons. The van der Waals surface area contributed by atoms with Gasteiger partial charge in [-0.25, -0.2) is 0 Å². The van der Waals surface area contributed by atoms with Crippen LogP contribution >= 0.6 is 15.9 Å². The quantitative estimate of drug-likeness (QED) is 0.756. The van der Waals surface area contributed by atoms with Crippen LogP contribution in [0.4, 0.5) is 0 Å². The van der Waals surface area contributed by atoms with E-state index in [1.54, 1.807) is 13.0 Å². The minimum absolute atomic E-state index is 0.0352. The second kappa shape index (κ2) is 5.85. The lowest BCUT2D eigenvalue weighted by atomic mass is 10.1. The van der Waals surface area contributed by atoms with E-state index in [9.17, 15) is 4.79 Å². The molecule has 1 saturated carbocycles. The van der Waals surface area contributed by atoms with Crippen molar-refractivity contribution >= 4 is 21.7 Å². The molecule has 0 spiro atoms. The minimum Gasteiger partial charge on any atom is -0.491 e. The van der Waals surface area contributed by atoms with Crippen molar-refractivity contribution < 1.29 is 9.53 Å². The minimum atomic E-state index is 0.0352. The van der Waals surface area contributed by atoms with Gasteiger partial charge in [0.05, 0.1) is 5.56 Å². The number of hydrogen-bond donors (Lipinski definition) is 0. The predicted molar refractivity (Wildman–Crippen MR) is 75.3 cm³/mol. The van der Waals surface area contributed by atoms with Crippen LogP contribution in [0.3, 0.4) is 0 Å². The molecule has 1 aliphatic carbocycles. The molecule has 0 aromatic heterocycles. The molecule has 0 aliphatic heterocycles. The molecule has 0 amide bonds. The molecule has 0 atom stereocenters. The molecule has 3 nitrogen and oxygen atoms in total. The highest BCUT2D eigenvalue weighted by Crippen LogP contribution is 2.26. The zero-order valence-electron chi connectivity index (χ0n) is 10.8. The molecule has 1 aromatic carbocycles. The number of nitrogens with zero attached hydrogens (tertiary/aromatic N) is 1. The van der Waals surface area contributed by atoms with Gasteiger partial charge >= 0.3 is 0 Å². The first kappa shape index (κ1) is 13.6. The summed E-state index contributed by atoms with van der Waals surface area (Å²) >= 11 is 3.40. The van der Waals surface area contributed by atoms with E-state index in [-0.39, 0.29) is 5.78 Å². The molecule has 0 N–H and O–H groups in total. The Morgan fingerprint density at radius 1 is 1.50 bits per heavy atom. The third kappa shape index (κ3) is 3.56. The lowest BCUT2D eigenvalue weighted by Crippen LogP contribution is -2.26. The van der Waals surface area contributed by atoms with Gasteiger partial charge in [-0.2, -0.15) is 0 Å². The van der Waals surface area contributed by atoms with Gasteiger partial charge in [-0.3, -0.25) is 4.79 Å². The van der Waals surface area contributed by atoms with E-state index in [0.717, 1.165) is 17.1 Å². The SMILES string of the molecule is CC(=O)c1ccc(Br)cc1OCCN(C)C1CC1. The number of carbonyl (C=O) groups is 1. The van der Waals surface area contributed by atoms with Crippen LogP contribution in [0.2, 0.25) is 0 Å². The molecule has 1 fully saturated rings. The molecule has 0 saturated heterocycles. The van der Waals surface area contributed by atoms with Crippen LogP contribution < -0.4 is 4.74 Å². The van der Waals surface area contributed by atoms with Gasteiger partial charge < -0.3 is 9.64 Å². The number of ketones is 1. The van der Waals surface area contributed by atoms with Crippen molar-refractivity contribution in [2.24, 2.45) is 0 Å². The van der Waals surface area contributed by atoms with E-state index in [1.165, 1.54) is 12.8 Å². The van der Waals surface area contributed by atoms with Gasteiger partial charge in [0.2, 0.25) is 0 Å². The molecule has 4 heteroatoms. The van der Waals surface area contributed by atoms with Crippen LogP contribution in [0.15, 0.2) is 22.7 Å². The summed E-state index contributed by atoms with van der Waals surface area (Å²) in [6.07, 6.45) is 2.60. The number of halogens is 1. The summed E-state index contributed by atoms with van der Waals surface area (Å²) in [5.41, 5.74) is 0.646. The van der Waals surface area contributed by atoms with Crippen molar-refractivity contribution in [3.8, 4) is 5.75 Å². The highest BCUT2D eigenvalue weighted by atomic mass is 79.9. The Labute approximate surface area is 116 Å². The summed E-state index contributed by atoms with van der Waals surface area (Å²) in [7, 11) is 2.12. The van der Waals surface area contributed by atoms with Crippen LogP contribution in [-0.4, -0.2) is 36.9 Å². The fourth-order valence-corrected chi connectivity index (χ4v) is 2.24. The third-order valence-corrected chi connectivity index (χ3v) is 3.69. The molecule has 0 heterocycles. The lowest BCUT2D eigenvalue weighted by Gasteiger charge is -2.16. The summed E-state index contributed by atoms with van der Waals surface area (Å²) in [4.78, 5) is 13.8. The van der Waals surface area contributed by atoms with E-state index in [1.807, 2.05) is 12.1 Å². The van der Waals surface area contributed by atoms with Gasteiger partial charge in [0.15, 0.2) is 5.78 Å². The Kier molecular flexibility index (Phi) is 4.40. The molecule has 1 aromatic rings. The standard InChI is InChI=1S/C14H18BrNO2/c1-10(17)13-6-3-11(15)9-14(13)18-8-7-16(2)12-4-5-12/h3,6,9,12H,4-5,7-8H2,1-2H3. The molecular weight excluding hydrogens is 294 g/mol. The maximum atomic E-state index is 11.5. The highest BCUT2D eigenvalue weighted by molar-refractivity contribution is 9.10. The van der Waals surface area contributed by atoms with Gasteiger partial charge in [-0.15, -0.1) is 0 Å². The molecule has 2 rings (SSSR count). The molecule has 18 heavy (non-hydrogen) atoms. The Morgan fingerprint density at radius 2 is 2.22 bits per heavy atom. The number of ether oxygens (including phenoxy) is 1. The van der Waals surface area contributed by atoms with E-state index in [4.69, 9.17) is 4.74 Å². The summed E-state index contributed by atoms with van der Waals surface area (Å²) in [6.45, 7) is 3.07. The first-order valence-corrected chi connectivity index (χ1v) is 7.01. The van der Waals surface area contributed by atoms with E-state index in [2.05, 4.69) is 27.9 Å². The Morgan fingerprint density at radius 3 is 2.83 bits per heavy atom. The van der Waals surface area contributed by atoms with Gasteiger partial charge in [0, 0.05) is 17.1 Å². The number of likely N-dealkylation sites (N-methyl/N-ethyl adjacent to an activating group) is 1. The number of Topliss-reactive ketones (excluding diaryl/α,β-unsaturated/α-hetero) is 1. The number of hydrogen-bond acceptors (Lipinski definition) is 3. The molecule has 98 valence electrons. The zero-order valence-corrected chi connectivity index (χ0v) is 12.4. The second-order valence-electron chi connectivity index (χ2n) is 4.76. The van der Waals surface area contributed by atoms with Crippen molar-refractivity contribution in [2.45, 2.75) is 25.8 Å². The van der Waals surface area contributed by atoms with Crippen LogP contribution in [-0.2, 0) is 0 Å². The zero-order chi connectivity index (χ0) is 13.1. The predicted octanol–water partition coefficient (Wildman–Crippen LogP) is 3.12. The summed E-state index contributed by atoms with van der Waals surface area (Å²) in [6, 6.07) is 6.25. The number of rotatable bonds is 6. The van der Waals surface area contributed by atoms with Crippen LogP contribution in [0, 0.1) is 0 Å². The van der Waals surface area contributed by atoms with E-state index in [0.29, 0.717) is 17.9 Å². The van der Waals surface area contributed by atoms with Crippen LogP contribution in [0.1, 0.15) is 30.1 Å². The maximum absolute atomic E-state index is 11.5. The van der Waals surface area contributed by atoms with Gasteiger partial charge in [0.1, 0.15) is 12.4 Å². The van der Waals surface area contributed by atoms with Crippen molar-refractivity contribution in [3.63, 3.8) is 0 Å². The van der Waals surface area contributed by atoms with Crippen molar-refractivity contribution in [2.75, 3.05) is 20.2 Å². The summed E-state index contributed by atoms with van der Waals surface area (Å²) in [5, 5.41) is 0. The average Bonchev–Trinajstić information content (AvgIpc) is 3.12. The Bertz CT molecular complexity index is 443. The monoisotopic (exact) mass is 311 g/mol. The van der Waals surface area contributed by atoms with Gasteiger partial charge in [0.25, 0.3) is 0 Å². The maximum Gasteiger partial charge on any atom is 0.163 e. The van der Waals surface area contributed by atoms with Crippen molar-refractivity contribution in [3.05, 3.63) is 28.2 Å². The van der Waals surface area contributed by atoms with Gasteiger partial charge in [-0.05, 0) is 45.0 Å². The molecule has 1 aliphatic rings. The van der Waals surface area contributed by atoms with Crippen LogP contribution in [0.5, 0.6) is 5.75 Å². The fourth-order valence-electron chi connectivity index (χ4n) is 1.90. The van der Waals surface area contributed by atoms with Crippen molar-refractivity contribution in [1.29, 1.82) is 0 Å². The smallest absolute Gasteiger partial charge is 0.163 e. The number of carbonyl (C=O) groups excluding carboxylic acids is 1. The first-order chi connectivity index (χ1) is 8.58. The third-order valence-electron chi connectivity index (χ3n) is 3.19. The van der Waals surface area contributed by atoms with E-state index < -0.39 is 0 Å². The molecule has 0 unspecified atom stereocenters. The Hall–Kier alpha value is -0.870. The normalized spacial score (nSPS) is 14.9. The fraction of sp³-hybridized carbons (Fsp3) is 0.500. The van der Waals surface area contributed by atoms with Crippen LogP contribution in [0.25, 0.3) is 0 Å². The first-order valence-electron chi connectivity index (χ1n) is 6.21. The Balaban J connectivity index is 1.94. The largest absolute Gasteiger partial charge is 0.491 e. The summed E-state index contributed by atoms with van der Waals surface area (Å²) < 4.78 is 6.66. The van der Waals surface area contributed by atoms with Gasteiger partial charge in [-0.1, -0.05) is 15.9 Å². The highest BCUT2D eigenvalue weighted by Gasteiger charge is 2.25. The molecular formula is C14H18BrNO2. The van der Waals surface area contributed by atoms with Crippen molar-refractivity contribution in [1.82, 2.24) is 4.90 Å². The van der Waals surface area contributed by atoms with E-state index >= 15 is 0 Å². The average molecular weight is 312 g/mol. The second-order valence-corrected chi connectivity index (χ2v) is 5.67. The topological polar surface area (TPSA) is 29.5 Å². The summed E-state index contributed by atoms with van der Waals surface area (Å²) in [5.74, 6) is 0.703.